The highest BCUT2D eigenvalue weighted by atomic mass is 32.2. The van der Waals surface area contributed by atoms with Gasteiger partial charge in [-0.15, -0.1) is 0 Å². The van der Waals surface area contributed by atoms with Crippen molar-refractivity contribution in [2.45, 2.75) is 31.6 Å². The third-order valence-corrected chi connectivity index (χ3v) is 6.00. The molecule has 2 saturated heterocycles. The molecule has 2 fully saturated rings. The maximum Gasteiger partial charge on any atom is 0.191 e. The molecule has 2 aliphatic heterocycles. The molecule has 0 spiro atoms. The third kappa shape index (κ3) is 5.82. The van der Waals surface area contributed by atoms with Crippen molar-refractivity contribution in [1.29, 1.82) is 0 Å². The monoisotopic (exact) mass is 362 g/mol. The van der Waals surface area contributed by atoms with Gasteiger partial charge in [0.05, 0.1) is 19.8 Å². The van der Waals surface area contributed by atoms with Gasteiger partial charge >= 0.3 is 0 Å². The number of ether oxygens (including phenoxy) is 1. The molecule has 1 unspecified atom stereocenters. The summed E-state index contributed by atoms with van der Waals surface area (Å²) in [4.78, 5) is 7.11. The summed E-state index contributed by atoms with van der Waals surface area (Å²) in [7, 11) is 0. The SMILES string of the molecule is CCNC(=NCc1ccc(N2CCOCC2)cc1)NCC1CCCS1. The first kappa shape index (κ1) is 18.4. The summed E-state index contributed by atoms with van der Waals surface area (Å²) in [5.74, 6) is 2.22. The van der Waals surface area contributed by atoms with E-state index in [2.05, 4.69) is 58.5 Å². The number of aliphatic imine (C=N–C) groups is 1. The number of nitrogens with zero attached hydrogens (tertiary/aromatic N) is 2. The van der Waals surface area contributed by atoms with Crippen LogP contribution in [0.15, 0.2) is 29.3 Å². The zero-order valence-electron chi connectivity index (χ0n) is 15.2. The number of hydrogen-bond acceptors (Lipinski definition) is 4. The average molecular weight is 363 g/mol. The molecule has 1 atom stereocenters. The summed E-state index contributed by atoms with van der Waals surface area (Å²) in [6.45, 7) is 8.31. The molecule has 138 valence electrons. The van der Waals surface area contributed by atoms with Gasteiger partial charge in [-0.1, -0.05) is 12.1 Å². The predicted octanol–water partition coefficient (Wildman–Crippen LogP) is 2.47. The van der Waals surface area contributed by atoms with Crippen molar-refractivity contribution >= 4 is 23.4 Å². The summed E-state index contributed by atoms with van der Waals surface area (Å²) in [6.07, 6.45) is 2.67. The van der Waals surface area contributed by atoms with Gasteiger partial charge < -0.3 is 20.3 Å². The molecule has 25 heavy (non-hydrogen) atoms. The largest absolute Gasteiger partial charge is 0.378 e. The van der Waals surface area contributed by atoms with Crippen LogP contribution >= 0.6 is 11.8 Å². The number of guanidine groups is 1. The van der Waals surface area contributed by atoms with Crippen molar-refractivity contribution < 1.29 is 4.74 Å². The zero-order valence-corrected chi connectivity index (χ0v) is 16.0. The van der Waals surface area contributed by atoms with Gasteiger partial charge in [0.25, 0.3) is 0 Å². The van der Waals surface area contributed by atoms with Gasteiger partial charge in [-0.2, -0.15) is 11.8 Å². The average Bonchev–Trinajstić information content (AvgIpc) is 3.19. The van der Waals surface area contributed by atoms with E-state index in [-0.39, 0.29) is 0 Å². The number of morpholine rings is 1. The minimum Gasteiger partial charge on any atom is -0.378 e. The Bertz CT molecular complexity index is 537. The summed E-state index contributed by atoms with van der Waals surface area (Å²) >= 11 is 2.07. The molecule has 0 bridgehead atoms. The lowest BCUT2D eigenvalue weighted by molar-refractivity contribution is 0.122. The molecule has 0 aromatic heterocycles. The van der Waals surface area contributed by atoms with E-state index in [4.69, 9.17) is 9.73 Å². The summed E-state index contributed by atoms with van der Waals surface area (Å²) in [6, 6.07) is 8.77. The molecule has 1 aromatic carbocycles. The highest BCUT2D eigenvalue weighted by Crippen LogP contribution is 2.25. The van der Waals surface area contributed by atoms with E-state index in [1.165, 1.54) is 29.8 Å². The van der Waals surface area contributed by atoms with Gasteiger partial charge in [0.1, 0.15) is 0 Å². The fraction of sp³-hybridized carbons (Fsp3) is 0.632. The Morgan fingerprint density at radius 2 is 2.04 bits per heavy atom. The Hall–Kier alpha value is -1.40. The van der Waals surface area contributed by atoms with Crippen LogP contribution < -0.4 is 15.5 Å². The van der Waals surface area contributed by atoms with Crippen LogP contribution in [0.3, 0.4) is 0 Å². The maximum absolute atomic E-state index is 5.42. The lowest BCUT2D eigenvalue weighted by Crippen LogP contribution is -2.40. The van der Waals surface area contributed by atoms with Crippen molar-refractivity contribution in [3.8, 4) is 0 Å². The van der Waals surface area contributed by atoms with E-state index in [9.17, 15) is 0 Å². The van der Waals surface area contributed by atoms with E-state index < -0.39 is 0 Å². The highest BCUT2D eigenvalue weighted by Gasteiger charge is 2.15. The van der Waals surface area contributed by atoms with Gasteiger partial charge in [-0.05, 0) is 43.2 Å². The first-order valence-electron chi connectivity index (χ1n) is 9.40. The fourth-order valence-corrected chi connectivity index (χ4v) is 4.36. The number of anilines is 1. The molecular formula is C19H30N4OS. The van der Waals surface area contributed by atoms with Crippen LogP contribution in [0.4, 0.5) is 5.69 Å². The zero-order chi connectivity index (χ0) is 17.3. The molecule has 1 aromatic rings. The predicted molar refractivity (Wildman–Crippen MR) is 108 cm³/mol. The maximum atomic E-state index is 5.42. The van der Waals surface area contributed by atoms with Crippen molar-refractivity contribution in [1.82, 2.24) is 10.6 Å². The normalized spacial score (nSPS) is 21.4. The molecular weight excluding hydrogens is 332 g/mol. The topological polar surface area (TPSA) is 48.9 Å². The lowest BCUT2D eigenvalue weighted by Gasteiger charge is -2.28. The van der Waals surface area contributed by atoms with E-state index in [0.29, 0.717) is 6.54 Å². The number of hydrogen-bond donors (Lipinski definition) is 2. The molecule has 2 heterocycles. The number of thioether (sulfide) groups is 1. The lowest BCUT2D eigenvalue weighted by atomic mass is 10.2. The second kappa shape index (κ2) is 9.92. The van der Waals surface area contributed by atoms with Gasteiger partial charge in [0.15, 0.2) is 5.96 Å². The van der Waals surface area contributed by atoms with Gasteiger partial charge in [-0.3, -0.25) is 0 Å². The van der Waals surface area contributed by atoms with Crippen LogP contribution in [0, 0.1) is 0 Å². The summed E-state index contributed by atoms with van der Waals surface area (Å²) in [5.41, 5.74) is 2.52. The van der Waals surface area contributed by atoms with Crippen molar-refractivity contribution in [2.75, 3.05) is 50.0 Å². The number of nitrogens with one attached hydrogen (secondary N) is 2. The van der Waals surface area contributed by atoms with Crippen LogP contribution in [-0.4, -0.2) is 56.4 Å². The second-order valence-electron chi connectivity index (χ2n) is 6.48. The van der Waals surface area contributed by atoms with E-state index in [0.717, 1.165) is 50.6 Å². The Morgan fingerprint density at radius 3 is 2.72 bits per heavy atom. The molecule has 0 aliphatic carbocycles. The summed E-state index contributed by atoms with van der Waals surface area (Å²) in [5, 5.41) is 7.57. The van der Waals surface area contributed by atoms with E-state index in [1.54, 1.807) is 0 Å². The van der Waals surface area contributed by atoms with Gasteiger partial charge in [0, 0.05) is 37.1 Å². The molecule has 0 saturated carbocycles. The van der Waals surface area contributed by atoms with E-state index in [1.807, 2.05) is 0 Å². The Morgan fingerprint density at radius 1 is 1.24 bits per heavy atom. The molecule has 3 rings (SSSR count). The smallest absolute Gasteiger partial charge is 0.191 e. The Kier molecular flexibility index (Phi) is 7.30. The van der Waals surface area contributed by atoms with Crippen LogP contribution in [0.2, 0.25) is 0 Å². The highest BCUT2D eigenvalue weighted by molar-refractivity contribution is 8.00. The molecule has 5 nitrogen and oxygen atoms in total. The minimum absolute atomic E-state index is 0.705. The first-order chi connectivity index (χ1) is 12.3. The fourth-order valence-electron chi connectivity index (χ4n) is 3.16. The molecule has 2 aliphatic rings. The van der Waals surface area contributed by atoms with Crippen LogP contribution in [0.25, 0.3) is 0 Å². The quantitative estimate of drug-likeness (QED) is 0.601. The van der Waals surface area contributed by atoms with E-state index >= 15 is 0 Å². The summed E-state index contributed by atoms with van der Waals surface area (Å²) < 4.78 is 5.42. The number of rotatable bonds is 6. The molecule has 0 radical (unpaired) electrons. The Labute approximate surface area is 155 Å². The standard InChI is InChI=1S/C19H30N4OS/c1-2-20-19(22-15-18-4-3-13-25-18)21-14-16-5-7-17(8-6-16)23-9-11-24-12-10-23/h5-8,18H,2-4,9-15H2,1H3,(H2,20,21,22). The van der Waals surface area contributed by atoms with Crippen molar-refractivity contribution in [2.24, 2.45) is 4.99 Å². The molecule has 2 N–H and O–H groups in total. The van der Waals surface area contributed by atoms with Gasteiger partial charge in [-0.25, -0.2) is 4.99 Å². The van der Waals surface area contributed by atoms with Crippen LogP contribution in [0.1, 0.15) is 25.3 Å². The first-order valence-corrected chi connectivity index (χ1v) is 10.5. The van der Waals surface area contributed by atoms with Gasteiger partial charge in [0.2, 0.25) is 0 Å². The third-order valence-electron chi connectivity index (χ3n) is 4.60. The minimum atomic E-state index is 0.705. The second-order valence-corrected chi connectivity index (χ2v) is 7.89. The molecule has 0 amide bonds. The Balaban J connectivity index is 1.52. The number of benzene rings is 1. The molecule has 6 heteroatoms. The van der Waals surface area contributed by atoms with Crippen molar-refractivity contribution in [3.63, 3.8) is 0 Å². The van der Waals surface area contributed by atoms with Crippen LogP contribution in [0.5, 0.6) is 0 Å². The van der Waals surface area contributed by atoms with Crippen molar-refractivity contribution in [3.05, 3.63) is 29.8 Å². The van der Waals surface area contributed by atoms with Crippen LogP contribution in [-0.2, 0) is 11.3 Å².